The Bertz CT molecular complexity index is 1440. The molecule has 0 unspecified atom stereocenters. The van der Waals surface area contributed by atoms with Gasteiger partial charge in [0, 0.05) is 30.5 Å². The van der Waals surface area contributed by atoms with Gasteiger partial charge in [-0.05, 0) is 30.0 Å². The summed E-state index contributed by atoms with van der Waals surface area (Å²) in [5, 5.41) is 16.0. The molecule has 222 valence electrons. The number of hydrogen-bond donors (Lipinski definition) is 3. The maximum Gasteiger partial charge on any atom is 0.358 e. The van der Waals surface area contributed by atoms with E-state index < -0.39 is 47.2 Å². The fourth-order valence-corrected chi connectivity index (χ4v) is 6.23. The Labute approximate surface area is 249 Å². The van der Waals surface area contributed by atoms with Crippen LogP contribution < -0.4 is 11.1 Å². The lowest BCUT2D eigenvalue weighted by Crippen LogP contribution is -2.71. The largest absolute Gasteiger partial charge is 0.425 e. The van der Waals surface area contributed by atoms with Crippen molar-refractivity contribution in [2.75, 3.05) is 11.5 Å². The summed E-state index contributed by atoms with van der Waals surface area (Å²) >= 11 is 2.38. The van der Waals surface area contributed by atoms with E-state index in [0.29, 0.717) is 24.2 Å². The van der Waals surface area contributed by atoms with Crippen molar-refractivity contribution in [3.63, 3.8) is 0 Å². The summed E-state index contributed by atoms with van der Waals surface area (Å²) in [6.07, 6.45) is 6.68. The fourth-order valence-electron chi connectivity index (χ4n) is 4.36. The highest BCUT2D eigenvalue weighted by Gasteiger charge is 2.54. The van der Waals surface area contributed by atoms with Gasteiger partial charge in [-0.2, -0.15) is 0 Å². The highest BCUT2D eigenvalue weighted by atomic mass is 32.2. The number of fused-ring (bicyclic) bond motifs is 1. The Kier molecular flexibility index (Phi) is 9.96. The summed E-state index contributed by atoms with van der Waals surface area (Å²) in [6, 6.07) is 2.57. The molecular formula is C27H30N6O7S2. The molecule has 2 aromatic rings. The van der Waals surface area contributed by atoms with Gasteiger partial charge in [0.2, 0.25) is 6.29 Å². The van der Waals surface area contributed by atoms with E-state index in [-0.39, 0.29) is 22.4 Å². The maximum atomic E-state index is 13.4. The van der Waals surface area contributed by atoms with Gasteiger partial charge in [0.1, 0.15) is 22.8 Å². The van der Waals surface area contributed by atoms with Gasteiger partial charge < -0.3 is 25.7 Å². The van der Waals surface area contributed by atoms with E-state index in [1.807, 2.05) is 19.9 Å². The molecule has 1 saturated heterocycles. The third-order valence-electron chi connectivity index (χ3n) is 6.59. The number of hydrogen-bond acceptors (Lipinski definition) is 13. The summed E-state index contributed by atoms with van der Waals surface area (Å²) in [6.45, 7) is 5.16. The van der Waals surface area contributed by atoms with Gasteiger partial charge in [0.25, 0.3) is 11.8 Å². The Morgan fingerprint density at radius 1 is 1.29 bits per heavy atom. The van der Waals surface area contributed by atoms with Crippen LogP contribution in [0, 0.1) is 5.92 Å². The molecule has 13 nitrogen and oxygen atoms in total. The standard InChI is InChI=1S/C27H30N6O7S2/c1-4-16(5-2)25(36)39-14(3)40-26(37)21-17(9-8-15-7-6-10-29-11-15)12-41-24-20(23(35)33(21)24)31-22(34)19(32-38)18-13-42-27(28)30-18/h6-11,13-14,16,20,24,38H,4-5,12H2,1-3H3,(H2,28,30)(H,31,34)/b9-8-,32-19?/t14-,20-,24+/m1/s1. The first-order valence-corrected chi connectivity index (χ1v) is 15.0. The number of amides is 2. The number of thiazole rings is 1. The van der Waals surface area contributed by atoms with Gasteiger partial charge in [-0.15, -0.1) is 23.1 Å². The zero-order valence-corrected chi connectivity index (χ0v) is 24.7. The second kappa shape index (κ2) is 13.6. The first-order chi connectivity index (χ1) is 20.2. The quantitative estimate of drug-likeness (QED) is 0.0843. The number of pyridine rings is 1. The number of oxime groups is 1. The van der Waals surface area contributed by atoms with Gasteiger partial charge in [0.05, 0.1) is 5.92 Å². The van der Waals surface area contributed by atoms with Crippen molar-refractivity contribution in [2.24, 2.45) is 11.1 Å². The average Bonchev–Trinajstić information content (AvgIpc) is 3.41. The first-order valence-electron chi connectivity index (χ1n) is 13.1. The number of carbonyl (C=O) groups is 4. The van der Waals surface area contributed by atoms with Crippen molar-refractivity contribution in [3.05, 3.63) is 58.5 Å². The van der Waals surface area contributed by atoms with Crippen molar-refractivity contribution < 1.29 is 33.9 Å². The summed E-state index contributed by atoms with van der Waals surface area (Å²) in [5.41, 5.74) is 6.52. The van der Waals surface area contributed by atoms with E-state index in [9.17, 15) is 24.4 Å². The Balaban J connectivity index is 1.55. The van der Waals surface area contributed by atoms with Crippen LogP contribution in [-0.2, 0) is 28.7 Å². The van der Waals surface area contributed by atoms with E-state index in [2.05, 4.69) is 20.4 Å². The summed E-state index contributed by atoms with van der Waals surface area (Å²) in [7, 11) is 0. The van der Waals surface area contributed by atoms with Gasteiger partial charge in [0.15, 0.2) is 10.8 Å². The fraction of sp³-hybridized carbons (Fsp3) is 0.370. The molecule has 4 rings (SSSR count). The lowest BCUT2D eigenvalue weighted by atomic mass is 10.0. The van der Waals surface area contributed by atoms with Crippen LogP contribution in [0.3, 0.4) is 0 Å². The van der Waals surface area contributed by atoms with Gasteiger partial charge in [-0.3, -0.25) is 24.3 Å². The molecule has 0 radical (unpaired) electrons. The Hall–Kier alpha value is -4.24. The molecule has 4 N–H and O–H groups in total. The predicted octanol–water partition coefficient (Wildman–Crippen LogP) is 2.53. The van der Waals surface area contributed by atoms with E-state index in [1.165, 1.54) is 29.0 Å². The molecule has 1 fully saturated rings. The zero-order valence-electron chi connectivity index (χ0n) is 23.1. The molecule has 15 heteroatoms. The Morgan fingerprint density at radius 3 is 2.67 bits per heavy atom. The topological polar surface area (TPSA) is 186 Å². The third kappa shape index (κ3) is 6.62. The number of esters is 2. The second-order valence-corrected chi connectivity index (χ2v) is 11.3. The summed E-state index contributed by atoms with van der Waals surface area (Å²) in [4.78, 5) is 61.3. The van der Waals surface area contributed by atoms with Crippen LogP contribution in [0.4, 0.5) is 5.13 Å². The van der Waals surface area contributed by atoms with E-state index in [4.69, 9.17) is 15.2 Å². The van der Waals surface area contributed by atoms with Crippen LogP contribution in [0.15, 0.2) is 52.4 Å². The number of thioether (sulfide) groups is 1. The lowest BCUT2D eigenvalue weighted by molar-refractivity contribution is -0.187. The summed E-state index contributed by atoms with van der Waals surface area (Å²) in [5.74, 6) is -2.77. The zero-order chi connectivity index (χ0) is 30.4. The lowest BCUT2D eigenvalue weighted by Gasteiger charge is -2.49. The minimum Gasteiger partial charge on any atom is -0.425 e. The molecule has 0 bridgehead atoms. The molecule has 2 aliphatic rings. The van der Waals surface area contributed by atoms with Crippen molar-refractivity contribution >= 4 is 63.8 Å². The van der Waals surface area contributed by atoms with Crippen molar-refractivity contribution in [1.29, 1.82) is 0 Å². The SMILES string of the molecule is CCC(CC)C(=O)O[C@@H](C)OC(=O)C1=C(/C=C\c2cccnc2)CS[C@H]2[C@H](NC(=O)C(=NO)c3csc(N)n3)C(=O)N12. The molecule has 2 amide bonds. The van der Waals surface area contributed by atoms with Gasteiger partial charge >= 0.3 is 11.9 Å². The van der Waals surface area contributed by atoms with Crippen LogP contribution in [0.2, 0.25) is 0 Å². The number of β-lactam (4-membered cyclic amide) rings is 1. The molecule has 0 spiro atoms. The normalized spacial score (nSPS) is 19.4. The van der Waals surface area contributed by atoms with Crippen molar-refractivity contribution in [3.8, 4) is 0 Å². The number of anilines is 1. The van der Waals surface area contributed by atoms with E-state index >= 15 is 0 Å². The van der Waals surface area contributed by atoms with Crippen LogP contribution in [-0.4, -0.2) is 73.0 Å². The number of nitrogens with one attached hydrogen (secondary N) is 1. The van der Waals surface area contributed by atoms with Crippen LogP contribution in [0.1, 0.15) is 44.9 Å². The average molecular weight is 615 g/mol. The molecule has 42 heavy (non-hydrogen) atoms. The monoisotopic (exact) mass is 614 g/mol. The second-order valence-electron chi connectivity index (χ2n) is 9.30. The van der Waals surface area contributed by atoms with E-state index in [1.54, 1.807) is 30.6 Å². The molecule has 2 aromatic heterocycles. The van der Waals surface area contributed by atoms with Crippen LogP contribution in [0.5, 0.6) is 0 Å². The number of aromatic nitrogens is 2. The van der Waals surface area contributed by atoms with Crippen molar-refractivity contribution in [1.82, 2.24) is 20.2 Å². The molecule has 3 atom stereocenters. The molecule has 4 heterocycles. The number of rotatable bonds is 11. The molecule has 0 aromatic carbocycles. The number of nitrogens with zero attached hydrogens (tertiary/aromatic N) is 4. The van der Waals surface area contributed by atoms with Gasteiger partial charge in [-0.25, -0.2) is 9.78 Å². The highest BCUT2D eigenvalue weighted by molar-refractivity contribution is 8.00. The molecule has 0 aliphatic carbocycles. The third-order valence-corrected chi connectivity index (χ3v) is 8.57. The van der Waals surface area contributed by atoms with Crippen LogP contribution in [0.25, 0.3) is 6.08 Å². The maximum absolute atomic E-state index is 13.4. The number of ether oxygens (including phenoxy) is 2. The molecule has 0 saturated carbocycles. The van der Waals surface area contributed by atoms with E-state index in [0.717, 1.165) is 16.9 Å². The molecular weight excluding hydrogens is 584 g/mol. The minimum absolute atomic E-state index is 0.0249. The predicted molar refractivity (Wildman–Crippen MR) is 156 cm³/mol. The first kappa shape index (κ1) is 30.7. The van der Waals surface area contributed by atoms with Gasteiger partial charge in [-0.1, -0.05) is 37.2 Å². The summed E-state index contributed by atoms with van der Waals surface area (Å²) < 4.78 is 10.8. The number of nitrogens with two attached hydrogens (primary N) is 1. The number of allylic oxidation sites excluding steroid dienone is 1. The molecule has 2 aliphatic heterocycles. The number of carbonyl (C=O) groups excluding carboxylic acids is 4. The number of nitrogen functional groups attached to an aromatic ring is 1. The smallest absolute Gasteiger partial charge is 0.358 e. The van der Waals surface area contributed by atoms with Crippen LogP contribution >= 0.6 is 23.1 Å². The Morgan fingerprint density at radius 2 is 2.05 bits per heavy atom. The minimum atomic E-state index is -1.20. The van der Waals surface area contributed by atoms with Crippen molar-refractivity contribution in [2.45, 2.75) is 51.3 Å². The highest BCUT2D eigenvalue weighted by Crippen LogP contribution is 2.41.